The average Bonchev–Trinajstić information content (AvgIpc) is 3.01. The molecule has 0 bridgehead atoms. The Labute approximate surface area is 188 Å². The lowest BCUT2D eigenvalue weighted by Gasteiger charge is -2.38. The molecule has 3 rings (SSSR count). The fourth-order valence-corrected chi connectivity index (χ4v) is 3.29. The van der Waals surface area contributed by atoms with Gasteiger partial charge >= 0.3 is 0 Å². The van der Waals surface area contributed by atoms with Gasteiger partial charge in [0.1, 0.15) is 12.4 Å². The Hall–Kier alpha value is -1.81. The van der Waals surface area contributed by atoms with Gasteiger partial charge in [-0.2, -0.15) is 0 Å². The van der Waals surface area contributed by atoms with Crippen LogP contribution in [-0.4, -0.2) is 58.3 Å². The summed E-state index contributed by atoms with van der Waals surface area (Å²) in [5, 5.41) is 12.4. The fraction of sp³-hybridized carbons (Fsp3) is 0.421. The Kier molecular flexibility index (Phi) is 8.56. The molecule has 1 aromatic heterocycles. The van der Waals surface area contributed by atoms with E-state index in [1.807, 2.05) is 42.8 Å². The molecule has 28 heavy (non-hydrogen) atoms. The molecule has 2 aromatic rings. The van der Waals surface area contributed by atoms with Crippen LogP contribution < -0.4 is 10.2 Å². The Morgan fingerprint density at radius 3 is 2.57 bits per heavy atom. The van der Waals surface area contributed by atoms with Crippen molar-refractivity contribution in [2.75, 3.05) is 37.6 Å². The summed E-state index contributed by atoms with van der Waals surface area (Å²) < 4.78 is 1.96. The lowest BCUT2D eigenvalue weighted by atomic mass is 10.2. The van der Waals surface area contributed by atoms with E-state index in [-0.39, 0.29) is 24.0 Å². The zero-order valence-corrected chi connectivity index (χ0v) is 19.4. The number of aliphatic imine (C=N–C) groups is 1. The lowest BCUT2D eigenvalue weighted by molar-refractivity contribution is 0.373. The first-order chi connectivity index (χ1) is 13.1. The molecule has 0 aliphatic carbocycles. The van der Waals surface area contributed by atoms with Crippen LogP contribution in [0.3, 0.4) is 0 Å². The molecule has 2 heterocycles. The van der Waals surface area contributed by atoms with E-state index >= 15 is 0 Å². The third-order valence-electron chi connectivity index (χ3n) is 4.73. The van der Waals surface area contributed by atoms with Crippen LogP contribution in [0.25, 0.3) is 0 Å². The molecule has 0 unspecified atom stereocenters. The molecule has 9 heteroatoms. The summed E-state index contributed by atoms with van der Waals surface area (Å²) in [4.78, 5) is 9.34. The number of aromatic nitrogens is 3. The van der Waals surface area contributed by atoms with Crippen molar-refractivity contribution in [2.45, 2.75) is 13.5 Å². The van der Waals surface area contributed by atoms with Crippen LogP contribution in [0.4, 0.5) is 5.69 Å². The topological polar surface area (TPSA) is 61.6 Å². The van der Waals surface area contributed by atoms with Crippen LogP contribution in [-0.2, 0) is 13.6 Å². The molecular formula is C19H27ClIN7. The van der Waals surface area contributed by atoms with E-state index in [0.717, 1.165) is 54.5 Å². The third-order valence-corrected chi connectivity index (χ3v) is 5.05. The number of aryl methyl sites for hydroxylation is 1. The van der Waals surface area contributed by atoms with E-state index in [1.165, 1.54) is 0 Å². The number of hydrogen-bond acceptors (Lipinski definition) is 4. The summed E-state index contributed by atoms with van der Waals surface area (Å²) in [7, 11) is 1.96. The predicted octanol–water partition coefficient (Wildman–Crippen LogP) is 2.85. The number of rotatable bonds is 5. The van der Waals surface area contributed by atoms with Gasteiger partial charge in [0.15, 0.2) is 11.8 Å². The number of halogens is 2. The Balaban J connectivity index is 0.00000280. The van der Waals surface area contributed by atoms with Gasteiger partial charge in [0.05, 0.1) is 10.7 Å². The van der Waals surface area contributed by atoms with Crippen LogP contribution in [0.2, 0.25) is 5.02 Å². The van der Waals surface area contributed by atoms with E-state index in [0.29, 0.717) is 13.1 Å². The normalized spacial score (nSPS) is 14.6. The van der Waals surface area contributed by atoms with Gasteiger partial charge in [-0.15, -0.1) is 40.8 Å². The first kappa shape index (κ1) is 22.5. The van der Waals surface area contributed by atoms with Crippen molar-refractivity contribution in [3.05, 3.63) is 53.6 Å². The maximum absolute atomic E-state index is 6.34. The number of hydrogen-bond donors (Lipinski definition) is 1. The minimum Gasteiger partial charge on any atom is -0.367 e. The van der Waals surface area contributed by atoms with Crippen LogP contribution in [0.1, 0.15) is 11.6 Å². The molecule has 7 nitrogen and oxygen atoms in total. The largest absolute Gasteiger partial charge is 0.367 e. The molecule has 0 atom stereocenters. The molecule has 1 aliphatic rings. The molecule has 152 valence electrons. The van der Waals surface area contributed by atoms with Crippen LogP contribution in [0, 0.1) is 6.92 Å². The molecule has 0 saturated carbocycles. The SMILES string of the molecule is C=CCNC(=NCc1nnc(C)n1C)N1CCN(c2ccccc2Cl)CC1.I. The number of piperazine rings is 1. The second-order valence-electron chi connectivity index (χ2n) is 6.46. The maximum Gasteiger partial charge on any atom is 0.194 e. The summed E-state index contributed by atoms with van der Waals surface area (Å²) >= 11 is 6.34. The van der Waals surface area contributed by atoms with Gasteiger partial charge in [0.2, 0.25) is 0 Å². The molecule has 1 fully saturated rings. The second kappa shape index (κ2) is 10.7. The number of nitrogens with zero attached hydrogens (tertiary/aromatic N) is 6. The van der Waals surface area contributed by atoms with E-state index in [2.05, 4.69) is 38.0 Å². The lowest BCUT2D eigenvalue weighted by Crippen LogP contribution is -2.52. The van der Waals surface area contributed by atoms with Crippen molar-refractivity contribution in [3.8, 4) is 0 Å². The monoisotopic (exact) mass is 515 g/mol. The van der Waals surface area contributed by atoms with E-state index in [9.17, 15) is 0 Å². The fourth-order valence-electron chi connectivity index (χ4n) is 3.03. The smallest absolute Gasteiger partial charge is 0.194 e. The summed E-state index contributed by atoms with van der Waals surface area (Å²) in [6, 6.07) is 7.99. The Morgan fingerprint density at radius 1 is 1.25 bits per heavy atom. The molecule has 0 radical (unpaired) electrons. The Bertz CT molecular complexity index is 812. The van der Waals surface area contributed by atoms with Crippen molar-refractivity contribution in [1.82, 2.24) is 25.0 Å². The van der Waals surface area contributed by atoms with E-state index < -0.39 is 0 Å². The molecule has 0 amide bonds. The van der Waals surface area contributed by atoms with Crippen LogP contribution in [0.15, 0.2) is 41.9 Å². The minimum absolute atomic E-state index is 0. The maximum atomic E-state index is 6.34. The number of anilines is 1. The van der Waals surface area contributed by atoms with Gasteiger partial charge < -0.3 is 19.7 Å². The van der Waals surface area contributed by atoms with Gasteiger partial charge in [0, 0.05) is 39.8 Å². The highest BCUT2D eigenvalue weighted by Crippen LogP contribution is 2.26. The minimum atomic E-state index is 0. The van der Waals surface area contributed by atoms with E-state index in [4.69, 9.17) is 16.6 Å². The molecule has 0 spiro atoms. The molecule has 1 N–H and O–H groups in total. The predicted molar refractivity (Wildman–Crippen MR) is 126 cm³/mol. The summed E-state index contributed by atoms with van der Waals surface area (Å²) in [6.07, 6.45) is 1.84. The zero-order valence-electron chi connectivity index (χ0n) is 16.3. The highest BCUT2D eigenvalue weighted by Gasteiger charge is 2.21. The second-order valence-corrected chi connectivity index (χ2v) is 6.86. The number of para-hydroxylation sites is 1. The number of guanidine groups is 1. The van der Waals surface area contributed by atoms with Crippen molar-refractivity contribution in [1.29, 1.82) is 0 Å². The van der Waals surface area contributed by atoms with E-state index in [1.54, 1.807) is 0 Å². The van der Waals surface area contributed by atoms with Gasteiger partial charge in [0.25, 0.3) is 0 Å². The summed E-state index contributed by atoms with van der Waals surface area (Å²) in [5.74, 6) is 2.60. The van der Waals surface area contributed by atoms with Crippen molar-refractivity contribution in [3.63, 3.8) is 0 Å². The van der Waals surface area contributed by atoms with Crippen molar-refractivity contribution < 1.29 is 0 Å². The number of benzene rings is 1. The van der Waals surface area contributed by atoms with Gasteiger partial charge in [-0.05, 0) is 19.1 Å². The molecular weight excluding hydrogens is 489 g/mol. The Morgan fingerprint density at radius 2 is 1.96 bits per heavy atom. The van der Waals surface area contributed by atoms with Gasteiger partial charge in [-0.1, -0.05) is 29.8 Å². The van der Waals surface area contributed by atoms with Gasteiger partial charge in [-0.3, -0.25) is 0 Å². The average molecular weight is 516 g/mol. The van der Waals surface area contributed by atoms with Crippen molar-refractivity contribution in [2.24, 2.45) is 12.0 Å². The standard InChI is InChI=1S/C19H26ClN7.HI/c1-4-9-21-19(22-14-18-24-23-15(2)25(18)3)27-12-10-26(11-13-27)17-8-6-5-7-16(17)20;/h4-8H,1,9-14H2,2-3H3,(H,21,22);1H. The van der Waals surface area contributed by atoms with Crippen LogP contribution in [0.5, 0.6) is 0 Å². The molecule has 1 aromatic carbocycles. The number of nitrogens with one attached hydrogen (secondary N) is 1. The van der Waals surface area contributed by atoms with Gasteiger partial charge in [-0.25, -0.2) is 4.99 Å². The summed E-state index contributed by atoms with van der Waals surface area (Å²) in [5.41, 5.74) is 1.09. The molecule has 1 aliphatic heterocycles. The highest BCUT2D eigenvalue weighted by atomic mass is 127. The first-order valence-electron chi connectivity index (χ1n) is 9.08. The highest BCUT2D eigenvalue weighted by molar-refractivity contribution is 14.0. The van der Waals surface area contributed by atoms with Crippen LogP contribution >= 0.6 is 35.6 Å². The van der Waals surface area contributed by atoms with Crippen molar-refractivity contribution >= 4 is 47.2 Å². The first-order valence-corrected chi connectivity index (χ1v) is 9.46. The zero-order chi connectivity index (χ0) is 19.2. The molecule has 1 saturated heterocycles. The summed E-state index contributed by atoms with van der Waals surface area (Å²) in [6.45, 7) is 10.4. The quantitative estimate of drug-likeness (QED) is 0.287. The third kappa shape index (κ3) is 5.38.